The molecule has 2 saturated heterocycles. The van der Waals surface area contributed by atoms with Gasteiger partial charge in [-0.1, -0.05) is 6.07 Å². The number of nitrogens with one attached hydrogen (secondary N) is 2. The van der Waals surface area contributed by atoms with Crippen molar-refractivity contribution >= 4 is 5.91 Å². The Hall–Kier alpha value is -2.84. The zero-order valence-corrected chi connectivity index (χ0v) is 13.7. The van der Waals surface area contributed by atoms with E-state index >= 15 is 0 Å². The molecule has 2 aromatic rings. The van der Waals surface area contributed by atoms with E-state index in [2.05, 4.69) is 16.7 Å². The van der Waals surface area contributed by atoms with Crippen molar-refractivity contribution in [2.24, 2.45) is 0 Å². The van der Waals surface area contributed by atoms with Gasteiger partial charge in [0, 0.05) is 23.7 Å². The Morgan fingerprint density at radius 2 is 2.00 bits per heavy atom. The van der Waals surface area contributed by atoms with E-state index in [9.17, 15) is 4.79 Å². The maximum absolute atomic E-state index is 12.4. The summed E-state index contributed by atoms with van der Waals surface area (Å²) in [6, 6.07) is 17.4. The number of nitrogens with zero attached hydrogens (tertiary/aromatic N) is 1. The van der Waals surface area contributed by atoms with Crippen molar-refractivity contribution in [3.8, 4) is 17.6 Å². The molecule has 0 unspecified atom stereocenters. The van der Waals surface area contributed by atoms with Crippen LogP contribution in [-0.2, 0) is 0 Å². The van der Waals surface area contributed by atoms with E-state index in [1.54, 1.807) is 48.5 Å². The molecule has 3 atom stereocenters. The van der Waals surface area contributed by atoms with Gasteiger partial charge in [0.15, 0.2) is 0 Å². The van der Waals surface area contributed by atoms with Gasteiger partial charge in [-0.25, -0.2) is 0 Å². The lowest BCUT2D eigenvalue weighted by Crippen LogP contribution is -2.42. The summed E-state index contributed by atoms with van der Waals surface area (Å²) in [6.45, 7) is 0. The van der Waals surface area contributed by atoms with E-state index in [4.69, 9.17) is 10.00 Å². The smallest absolute Gasteiger partial charge is 0.251 e. The van der Waals surface area contributed by atoms with Crippen LogP contribution < -0.4 is 15.4 Å². The average molecular weight is 333 g/mol. The third-order valence-corrected chi connectivity index (χ3v) is 4.93. The molecule has 5 heteroatoms. The molecule has 0 aromatic heterocycles. The van der Waals surface area contributed by atoms with Crippen LogP contribution in [0, 0.1) is 11.3 Å². The van der Waals surface area contributed by atoms with Crippen LogP contribution in [0.5, 0.6) is 11.5 Å². The summed E-state index contributed by atoms with van der Waals surface area (Å²) in [5.74, 6) is 1.19. The van der Waals surface area contributed by atoms with Crippen LogP contribution in [0.4, 0.5) is 0 Å². The molecule has 2 N–H and O–H groups in total. The number of hydrogen-bond donors (Lipinski definition) is 2. The number of fused-ring (bicyclic) bond motifs is 2. The summed E-state index contributed by atoms with van der Waals surface area (Å²) in [4.78, 5) is 12.4. The van der Waals surface area contributed by atoms with E-state index in [-0.39, 0.29) is 11.9 Å². The highest BCUT2D eigenvalue weighted by Crippen LogP contribution is 2.28. The molecule has 0 radical (unpaired) electrons. The summed E-state index contributed by atoms with van der Waals surface area (Å²) < 4.78 is 5.74. The quantitative estimate of drug-likeness (QED) is 0.902. The van der Waals surface area contributed by atoms with Gasteiger partial charge in [0.2, 0.25) is 0 Å². The molecular weight excluding hydrogens is 314 g/mol. The molecule has 2 aliphatic heterocycles. The maximum atomic E-state index is 12.4. The Balaban J connectivity index is 1.39. The van der Waals surface area contributed by atoms with E-state index < -0.39 is 0 Å². The minimum absolute atomic E-state index is 0.0441. The first-order chi connectivity index (χ1) is 12.2. The van der Waals surface area contributed by atoms with Crippen LogP contribution in [0.3, 0.4) is 0 Å². The normalized spacial score (nSPS) is 23.9. The fourth-order valence-corrected chi connectivity index (χ4v) is 3.67. The fourth-order valence-electron chi connectivity index (χ4n) is 3.67. The minimum Gasteiger partial charge on any atom is -0.457 e. The SMILES string of the molecule is N#Cc1cccc(Oc2ccc(C(=O)N[C@@H]3C[C@H]4CC[C@@H]3N4)cc2)c1. The fraction of sp³-hybridized carbons (Fsp3) is 0.300. The van der Waals surface area contributed by atoms with E-state index in [1.165, 1.54) is 6.42 Å². The van der Waals surface area contributed by atoms with E-state index in [1.807, 2.05) is 0 Å². The van der Waals surface area contributed by atoms with Gasteiger partial charge >= 0.3 is 0 Å². The maximum Gasteiger partial charge on any atom is 0.251 e. The predicted octanol–water partition coefficient (Wildman–Crippen LogP) is 2.97. The lowest BCUT2D eigenvalue weighted by molar-refractivity contribution is 0.0931. The van der Waals surface area contributed by atoms with Gasteiger partial charge < -0.3 is 15.4 Å². The highest BCUT2D eigenvalue weighted by molar-refractivity contribution is 5.94. The number of carbonyl (C=O) groups excluding carboxylic acids is 1. The predicted molar refractivity (Wildman–Crippen MR) is 93.5 cm³/mol. The van der Waals surface area contributed by atoms with Crippen molar-refractivity contribution < 1.29 is 9.53 Å². The zero-order valence-electron chi connectivity index (χ0n) is 13.7. The van der Waals surface area contributed by atoms with Crippen LogP contribution in [0.25, 0.3) is 0 Å². The molecule has 1 amide bonds. The van der Waals surface area contributed by atoms with E-state index in [0.29, 0.717) is 34.7 Å². The Labute approximate surface area is 146 Å². The molecule has 2 fully saturated rings. The first kappa shape index (κ1) is 15.7. The molecule has 0 spiro atoms. The molecule has 126 valence electrons. The molecule has 2 aliphatic rings. The molecule has 2 heterocycles. The van der Waals surface area contributed by atoms with Gasteiger partial charge in [-0.3, -0.25) is 4.79 Å². The van der Waals surface area contributed by atoms with Crippen LogP contribution in [0.2, 0.25) is 0 Å². The van der Waals surface area contributed by atoms with Gasteiger partial charge in [-0.2, -0.15) is 5.26 Å². The molecule has 4 rings (SSSR count). The van der Waals surface area contributed by atoms with Gasteiger partial charge in [0.25, 0.3) is 5.91 Å². The van der Waals surface area contributed by atoms with Crippen molar-refractivity contribution in [1.29, 1.82) is 5.26 Å². The van der Waals surface area contributed by atoms with Gasteiger partial charge in [-0.15, -0.1) is 0 Å². The van der Waals surface area contributed by atoms with Crippen molar-refractivity contribution in [1.82, 2.24) is 10.6 Å². The average Bonchev–Trinajstić information content (AvgIpc) is 3.25. The van der Waals surface area contributed by atoms with Crippen LogP contribution in [0.15, 0.2) is 48.5 Å². The molecule has 2 aromatic carbocycles. The monoisotopic (exact) mass is 333 g/mol. The number of ether oxygens (including phenoxy) is 1. The minimum atomic E-state index is -0.0441. The van der Waals surface area contributed by atoms with Crippen molar-refractivity contribution in [2.45, 2.75) is 37.4 Å². The number of benzene rings is 2. The van der Waals surface area contributed by atoms with Crippen LogP contribution in [0.1, 0.15) is 35.2 Å². The molecule has 0 saturated carbocycles. The Kier molecular flexibility index (Phi) is 4.12. The number of nitriles is 1. The third-order valence-electron chi connectivity index (χ3n) is 4.93. The largest absolute Gasteiger partial charge is 0.457 e. The Morgan fingerprint density at radius 1 is 1.16 bits per heavy atom. The second kappa shape index (κ2) is 6.58. The first-order valence-electron chi connectivity index (χ1n) is 8.56. The Bertz CT molecular complexity index is 826. The molecule has 5 nitrogen and oxygen atoms in total. The van der Waals surface area contributed by atoms with E-state index in [0.717, 1.165) is 12.8 Å². The molecule has 25 heavy (non-hydrogen) atoms. The highest BCUT2D eigenvalue weighted by Gasteiger charge is 2.39. The summed E-state index contributed by atoms with van der Waals surface area (Å²) in [7, 11) is 0. The first-order valence-corrected chi connectivity index (χ1v) is 8.56. The second-order valence-corrected chi connectivity index (χ2v) is 6.63. The number of amides is 1. The second-order valence-electron chi connectivity index (χ2n) is 6.63. The summed E-state index contributed by atoms with van der Waals surface area (Å²) in [5.41, 5.74) is 1.17. The molecule has 0 aliphatic carbocycles. The standard InChI is InChI=1S/C20H19N3O2/c21-12-13-2-1-3-17(10-13)25-16-7-4-14(5-8-16)20(24)23-19-11-15-6-9-18(19)22-15/h1-5,7-8,10,15,18-19,22H,6,9,11H2,(H,23,24)/t15-,18+,19-/m1/s1. The van der Waals surface area contributed by atoms with Gasteiger partial charge in [0.1, 0.15) is 11.5 Å². The lowest BCUT2D eigenvalue weighted by Gasteiger charge is -2.21. The third kappa shape index (κ3) is 3.35. The zero-order chi connectivity index (χ0) is 17.2. The number of rotatable bonds is 4. The summed E-state index contributed by atoms with van der Waals surface area (Å²) in [5, 5.41) is 15.6. The number of hydrogen-bond acceptors (Lipinski definition) is 4. The lowest BCUT2D eigenvalue weighted by atomic mass is 9.95. The Morgan fingerprint density at radius 3 is 2.68 bits per heavy atom. The van der Waals surface area contributed by atoms with Crippen molar-refractivity contribution in [2.75, 3.05) is 0 Å². The number of carbonyl (C=O) groups is 1. The summed E-state index contributed by atoms with van der Waals surface area (Å²) in [6.07, 6.45) is 3.38. The van der Waals surface area contributed by atoms with Gasteiger partial charge in [-0.05, 0) is 61.7 Å². The molecule has 2 bridgehead atoms. The van der Waals surface area contributed by atoms with Crippen molar-refractivity contribution in [3.63, 3.8) is 0 Å². The highest BCUT2D eigenvalue weighted by atomic mass is 16.5. The molecular formula is C20H19N3O2. The van der Waals surface area contributed by atoms with Crippen LogP contribution in [-0.4, -0.2) is 24.0 Å². The van der Waals surface area contributed by atoms with Crippen LogP contribution >= 0.6 is 0 Å². The summed E-state index contributed by atoms with van der Waals surface area (Å²) >= 11 is 0. The van der Waals surface area contributed by atoms with Crippen molar-refractivity contribution in [3.05, 3.63) is 59.7 Å². The topological polar surface area (TPSA) is 74.1 Å². The van der Waals surface area contributed by atoms with Gasteiger partial charge in [0.05, 0.1) is 11.6 Å².